The van der Waals surface area contributed by atoms with Crippen molar-refractivity contribution < 1.29 is 18.4 Å². The second-order valence-corrected chi connectivity index (χ2v) is 11.9. The van der Waals surface area contributed by atoms with E-state index in [2.05, 4.69) is 29.0 Å². The van der Waals surface area contributed by atoms with Gasteiger partial charge in [0.2, 0.25) is 5.95 Å². The van der Waals surface area contributed by atoms with Gasteiger partial charge in [-0.15, -0.1) is 0 Å². The zero-order chi connectivity index (χ0) is 28.0. The number of rotatable bonds is 12. The van der Waals surface area contributed by atoms with Gasteiger partial charge >= 0.3 is 7.60 Å². The number of aromatic nitrogens is 2. The first-order chi connectivity index (χ1) is 18.7. The predicted molar refractivity (Wildman–Crippen MR) is 156 cm³/mol. The summed E-state index contributed by atoms with van der Waals surface area (Å²) in [6.07, 6.45) is 2.85. The molecule has 1 aromatic heterocycles. The summed E-state index contributed by atoms with van der Waals surface area (Å²) in [6.45, 7) is 11.2. The lowest BCUT2D eigenvalue weighted by Gasteiger charge is -2.40. The molecule has 0 radical (unpaired) electrons. The Bertz CT molecular complexity index is 1290. The molecule has 2 aromatic carbocycles. The number of fused-ring (bicyclic) bond motifs is 1. The van der Waals surface area contributed by atoms with Gasteiger partial charge in [-0.1, -0.05) is 44.2 Å². The van der Waals surface area contributed by atoms with Gasteiger partial charge < -0.3 is 19.3 Å². The fourth-order valence-corrected chi connectivity index (χ4v) is 6.23. The molecule has 1 aliphatic heterocycles. The minimum Gasteiger partial charge on any atom is -0.343 e. The fourth-order valence-electron chi connectivity index (χ4n) is 4.53. The van der Waals surface area contributed by atoms with E-state index in [-0.39, 0.29) is 18.1 Å². The molecule has 0 bridgehead atoms. The van der Waals surface area contributed by atoms with Crippen molar-refractivity contribution in [3.05, 3.63) is 66.4 Å². The van der Waals surface area contributed by atoms with Crippen LogP contribution < -0.4 is 15.1 Å². The minimum absolute atomic E-state index is 0.00579. The molecule has 0 fully saturated rings. The summed E-state index contributed by atoms with van der Waals surface area (Å²) < 4.78 is 23.7. The van der Waals surface area contributed by atoms with E-state index in [9.17, 15) is 9.36 Å². The highest BCUT2D eigenvalue weighted by Crippen LogP contribution is 2.51. The number of carbonyl (C=O) groups is 1. The van der Waals surface area contributed by atoms with E-state index in [1.807, 2.05) is 61.5 Å². The number of carbonyl (C=O) groups excluding carboxylic acids is 1. The average molecular weight is 552 g/mol. The molecule has 1 N–H and O–H groups in total. The van der Waals surface area contributed by atoms with Gasteiger partial charge in [0, 0.05) is 17.9 Å². The molecule has 3 aromatic rings. The Hall–Kier alpha value is -3.26. The first-order valence-corrected chi connectivity index (χ1v) is 15.2. The molecule has 0 saturated heterocycles. The third-order valence-electron chi connectivity index (χ3n) is 6.51. The summed E-state index contributed by atoms with van der Waals surface area (Å²) in [4.78, 5) is 26.7. The minimum atomic E-state index is -3.18. The summed E-state index contributed by atoms with van der Waals surface area (Å²) in [5.74, 6) is 1.63. The number of amides is 1. The molecular formula is C29H38N5O4P. The highest BCUT2D eigenvalue weighted by atomic mass is 31.2. The number of benzene rings is 2. The molecule has 10 heteroatoms. The monoisotopic (exact) mass is 551 g/mol. The van der Waals surface area contributed by atoms with Crippen LogP contribution in [0.25, 0.3) is 0 Å². The van der Waals surface area contributed by atoms with Crippen molar-refractivity contribution in [1.29, 1.82) is 0 Å². The summed E-state index contributed by atoms with van der Waals surface area (Å²) >= 11 is 0. The molecule has 1 unspecified atom stereocenters. The molecular weight excluding hydrogens is 513 g/mol. The lowest BCUT2D eigenvalue weighted by atomic mass is 10.1. The normalized spacial score (nSPS) is 15.5. The maximum Gasteiger partial charge on any atom is 0.335 e. The Morgan fingerprint density at radius 1 is 1.03 bits per heavy atom. The van der Waals surface area contributed by atoms with Crippen LogP contribution in [-0.4, -0.2) is 41.7 Å². The number of nitrogens with zero attached hydrogens (tertiary/aromatic N) is 4. The second-order valence-electron chi connectivity index (χ2n) is 9.89. The van der Waals surface area contributed by atoms with Crippen molar-refractivity contribution in [3.63, 3.8) is 0 Å². The van der Waals surface area contributed by atoms with Crippen LogP contribution in [0.2, 0.25) is 0 Å². The molecule has 0 saturated carbocycles. The summed E-state index contributed by atoms with van der Waals surface area (Å²) in [7, 11) is -3.18. The lowest BCUT2D eigenvalue weighted by molar-refractivity contribution is -0.119. The molecule has 0 spiro atoms. The van der Waals surface area contributed by atoms with Crippen LogP contribution in [0.1, 0.15) is 46.6 Å². The molecule has 1 aliphatic rings. The van der Waals surface area contributed by atoms with E-state index in [1.54, 1.807) is 24.9 Å². The first-order valence-electron chi connectivity index (χ1n) is 13.5. The first kappa shape index (κ1) is 28.7. The topological polar surface area (TPSA) is 96.9 Å². The van der Waals surface area contributed by atoms with Crippen LogP contribution in [0.3, 0.4) is 0 Å². The molecule has 9 nitrogen and oxygen atoms in total. The summed E-state index contributed by atoms with van der Waals surface area (Å²) in [5, 5.41) is 3.28. The van der Waals surface area contributed by atoms with E-state index in [0.717, 1.165) is 29.2 Å². The van der Waals surface area contributed by atoms with Crippen molar-refractivity contribution in [3.8, 4) is 0 Å². The predicted octanol–water partition coefficient (Wildman–Crippen LogP) is 6.91. The van der Waals surface area contributed by atoms with E-state index in [4.69, 9.17) is 14.0 Å². The van der Waals surface area contributed by atoms with Gasteiger partial charge in [-0.05, 0) is 62.9 Å². The number of hydrogen-bond donors (Lipinski definition) is 1. The Labute approximate surface area is 231 Å². The fraction of sp³-hybridized carbons (Fsp3) is 0.414. The quantitative estimate of drug-likeness (QED) is 0.243. The zero-order valence-electron chi connectivity index (χ0n) is 23.3. The maximum atomic E-state index is 13.5. The summed E-state index contributed by atoms with van der Waals surface area (Å²) in [6, 6.07) is 16.8. The smallest absolute Gasteiger partial charge is 0.335 e. The molecule has 0 aliphatic carbocycles. The van der Waals surface area contributed by atoms with Gasteiger partial charge in [0.05, 0.1) is 25.6 Å². The average Bonchev–Trinajstić information content (AvgIpc) is 2.91. The maximum absolute atomic E-state index is 13.5. The SMILES string of the molecule is CCOP(=O)(Cc1ccc(Nc2ncc3c(n2)N(CCC(C)C)C(C)C(=O)N3c2ccccc2)cc1)OCC. The van der Waals surface area contributed by atoms with Gasteiger partial charge in [-0.2, -0.15) is 4.98 Å². The Balaban J connectivity index is 1.61. The van der Waals surface area contributed by atoms with Gasteiger partial charge in [0.15, 0.2) is 5.82 Å². The number of para-hydroxylation sites is 1. The third-order valence-corrected chi connectivity index (χ3v) is 8.56. The number of anilines is 5. The van der Waals surface area contributed by atoms with Gasteiger partial charge in [0.1, 0.15) is 11.7 Å². The van der Waals surface area contributed by atoms with E-state index in [0.29, 0.717) is 37.3 Å². The van der Waals surface area contributed by atoms with Crippen molar-refractivity contribution in [2.45, 2.75) is 53.2 Å². The highest BCUT2D eigenvalue weighted by Gasteiger charge is 2.38. The molecule has 1 amide bonds. The van der Waals surface area contributed by atoms with Crippen LogP contribution in [0.15, 0.2) is 60.8 Å². The molecule has 39 heavy (non-hydrogen) atoms. The van der Waals surface area contributed by atoms with Gasteiger partial charge in [-0.25, -0.2) is 4.98 Å². The number of nitrogens with one attached hydrogen (secondary N) is 1. The summed E-state index contributed by atoms with van der Waals surface area (Å²) in [5.41, 5.74) is 3.09. The van der Waals surface area contributed by atoms with Crippen LogP contribution in [-0.2, 0) is 24.6 Å². The standard InChI is InChI=1S/C29H38N5O4P/c1-6-37-39(36,38-7-2)20-23-13-15-24(16-14-23)31-29-30-19-26-27(32-29)33(18-17-21(3)4)22(5)28(35)34(26)25-11-9-8-10-12-25/h8-16,19,21-22H,6-7,17-18,20H2,1-5H3,(H,30,31,32). The van der Waals surface area contributed by atoms with Gasteiger partial charge in [-0.3, -0.25) is 14.3 Å². The van der Waals surface area contributed by atoms with E-state index < -0.39 is 7.60 Å². The van der Waals surface area contributed by atoms with Crippen molar-refractivity contribution in [2.75, 3.05) is 34.9 Å². The van der Waals surface area contributed by atoms with Crippen molar-refractivity contribution in [2.24, 2.45) is 5.92 Å². The van der Waals surface area contributed by atoms with Crippen LogP contribution in [0.4, 0.5) is 28.8 Å². The van der Waals surface area contributed by atoms with E-state index in [1.165, 1.54) is 0 Å². The van der Waals surface area contributed by atoms with E-state index >= 15 is 0 Å². The highest BCUT2D eigenvalue weighted by molar-refractivity contribution is 7.53. The van der Waals surface area contributed by atoms with Crippen LogP contribution >= 0.6 is 7.60 Å². The van der Waals surface area contributed by atoms with Crippen LogP contribution in [0.5, 0.6) is 0 Å². The molecule has 208 valence electrons. The zero-order valence-corrected chi connectivity index (χ0v) is 24.2. The van der Waals surface area contributed by atoms with Gasteiger partial charge in [0.25, 0.3) is 5.91 Å². The van der Waals surface area contributed by atoms with Crippen LogP contribution in [0, 0.1) is 5.92 Å². The van der Waals surface area contributed by atoms with Crippen molar-refractivity contribution >= 4 is 42.3 Å². The molecule has 2 heterocycles. The molecule has 4 rings (SSSR count). The second kappa shape index (κ2) is 12.7. The largest absolute Gasteiger partial charge is 0.343 e. The third kappa shape index (κ3) is 6.85. The lowest BCUT2D eigenvalue weighted by Crippen LogP contribution is -2.51. The Morgan fingerprint density at radius 3 is 2.31 bits per heavy atom. The van der Waals surface area contributed by atoms with Crippen molar-refractivity contribution in [1.82, 2.24) is 9.97 Å². The number of hydrogen-bond acceptors (Lipinski definition) is 8. The Morgan fingerprint density at radius 2 is 1.69 bits per heavy atom. The Kier molecular flexibility index (Phi) is 9.38. The molecule has 1 atom stereocenters.